The van der Waals surface area contributed by atoms with E-state index in [0.717, 1.165) is 30.8 Å². The smallest absolute Gasteiger partial charge is 0.222 e. The zero-order valence-electron chi connectivity index (χ0n) is 16.3. The molecule has 2 heterocycles. The van der Waals surface area contributed by atoms with E-state index in [1.165, 1.54) is 11.1 Å². The SMILES string of the molecule is Cc1ccnc(C[C@@H](C)N(C)Cc2cnc(NCc3ccccc3)nc2)c1. The summed E-state index contributed by atoms with van der Waals surface area (Å²) in [6.07, 6.45) is 6.60. The fraction of sp³-hybridized carbons (Fsp3) is 0.318. The molecule has 0 saturated heterocycles. The second-order valence-corrected chi connectivity index (χ2v) is 7.05. The quantitative estimate of drug-likeness (QED) is 0.660. The summed E-state index contributed by atoms with van der Waals surface area (Å²) in [6, 6.07) is 14.8. The van der Waals surface area contributed by atoms with E-state index in [1.807, 2.05) is 42.9 Å². The summed E-state index contributed by atoms with van der Waals surface area (Å²) >= 11 is 0. The first-order valence-corrected chi connectivity index (χ1v) is 9.30. The van der Waals surface area contributed by atoms with Crippen LogP contribution in [0, 0.1) is 6.92 Å². The summed E-state index contributed by atoms with van der Waals surface area (Å²) < 4.78 is 0. The first-order valence-electron chi connectivity index (χ1n) is 9.30. The van der Waals surface area contributed by atoms with Crippen LogP contribution in [0.4, 0.5) is 5.95 Å². The van der Waals surface area contributed by atoms with Gasteiger partial charge in [0.2, 0.25) is 5.95 Å². The predicted molar refractivity (Wildman–Crippen MR) is 109 cm³/mol. The van der Waals surface area contributed by atoms with Crippen LogP contribution in [0.5, 0.6) is 0 Å². The third-order valence-electron chi connectivity index (χ3n) is 4.66. The van der Waals surface area contributed by atoms with Gasteiger partial charge in [-0.1, -0.05) is 30.3 Å². The van der Waals surface area contributed by atoms with Gasteiger partial charge in [-0.15, -0.1) is 0 Å². The molecule has 0 spiro atoms. The summed E-state index contributed by atoms with van der Waals surface area (Å²) in [5.41, 5.74) is 4.70. The van der Waals surface area contributed by atoms with Gasteiger partial charge in [-0.05, 0) is 44.2 Å². The lowest BCUT2D eigenvalue weighted by Gasteiger charge is -2.24. The Morgan fingerprint density at radius 1 is 1.00 bits per heavy atom. The van der Waals surface area contributed by atoms with E-state index in [0.29, 0.717) is 12.0 Å². The molecule has 0 aliphatic heterocycles. The fourth-order valence-corrected chi connectivity index (χ4v) is 2.92. The summed E-state index contributed by atoms with van der Waals surface area (Å²) in [6.45, 7) is 5.86. The highest BCUT2D eigenvalue weighted by atomic mass is 15.1. The average molecular weight is 361 g/mol. The number of likely N-dealkylation sites (N-methyl/N-ethyl adjacent to an activating group) is 1. The van der Waals surface area contributed by atoms with Crippen molar-refractivity contribution in [2.45, 2.75) is 39.4 Å². The lowest BCUT2D eigenvalue weighted by atomic mass is 10.1. The third kappa shape index (κ3) is 5.86. The zero-order valence-corrected chi connectivity index (χ0v) is 16.3. The van der Waals surface area contributed by atoms with Crippen molar-refractivity contribution in [1.29, 1.82) is 0 Å². The highest BCUT2D eigenvalue weighted by Crippen LogP contribution is 2.11. The number of nitrogens with zero attached hydrogens (tertiary/aromatic N) is 4. The van der Waals surface area contributed by atoms with Gasteiger partial charge in [0.1, 0.15) is 0 Å². The maximum atomic E-state index is 4.47. The highest BCUT2D eigenvalue weighted by molar-refractivity contribution is 5.28. The molecule has 2 aromatic heterocycles. The third-order valence-corrected chi connectivity index (χ3v) is 4.66. The van der Waals surface area contributed by atoms with Crippen molar-refractivity contribution in [3.05, 3.63) is 83.4 Å². The minimum atomic E-state index is 0.384. The molecule has 0 saturated carbocycles. The Hall–Kier alpha value is -2.79. The summed E-state index contributed by atoms with van der Waals surface area (Å²) in [5.74, 6) is 0.655. The monoisotopic (exact) mass is 361 g/mol. The van der Waals surface area contributed by atoms with Crippen LogP contribution in [0.2, 0.25) is 0 Å². The molecule has 0 fully saturated rings. The second-order valence-electron chi connectivity index (χ2n) is 7.05. The lowest BCUT2D eigenvalue weighted by molar-refractivity contribution is 0.246. The normalized spacial score (nSPS) is 12.1. The van der Waals surface area contributed by atoms with Gasteiger partial charge >= 0.3 is 0 Å². The maximum absolute atomic E-state index is 4.47. The van der Waals surface area contributed by atoms with Crippen molar-refractivity contribution < 1.29 is 0 Å². The van der Waals surface area contributed by atoms with Gasteiger partial charge in [0.05, 0.1) is 0 Å². The van der Waals surface area contributed by atoms with Crippen LogP contribution in [0.3, 0.4) is 0 Å². The van der Waals surface area contributed by atoms with E-state index in [-0.39, 0.29) is 0 Å². The molecule has 3 rings (SSSR count). The molecule has 0 radical (unpaired) electrons. The van der Waals surface area contributed by atoms with Crippen LogP contribution >= 0.6 is 0 Å². The van der Waals surface area contributed by atoms with Gasteiger partial charge in [-0.3, -0.25) is 9.88 Å². The summed E-state index contributed by atoms with van der Waals surface area (Å²) in [4.78, 5) is 15.7. The molecule has 0 aliphatic rings. The van der Waals surface area contributed by atoms with Crippen molar-refractivity contribution in [1.82, 2.24) is 19.9 Å². The molecule has 1 N–H and O–H groups in total. The molecule has 1 atom stereocenters. The number of rotatable bonds is 8. The molecular formula is C22H27N5. The van der Waals surface area contributed by atoms with E-state index in [4.69, 9.17) is 0 Å². The van der Waals surface area contributed by atoms with Crippen molar-refractivity contribution >= 4 is 5.95 Å². The van der Waals surface area contributed by atoms with Crippen LogP contribution in [0.1, 0.15) is 29.3 Å². The number of aromatic nitrogens is 3. The van der Waals surface area contributed by atoms with E-state index in [2.05, 4.69) is 64.3 Å². The van der Waals surface area contributed by atoms with Gasteiger partial charge in [0.25, 0.3) is 0 Å². The molecule has 0 bridgehead atoms. The molecule has 3 aromatic rings. The Labute approximate surface area is 161 Å². The van der Waals surface area contributed by atoms with E-state index < -0.39 is 0 Å². The van der Waals surface area contributed by atoms with Gasteiger partial charge in [0.15, 0.2) is 0 Å². The summed E-state index contributed by atoms with van der Waals surface area (Å²) in [5, 5.41) is 3.26. The van der Waals surface area contributed by atoms with Crippen LogP contribution in [-0.4, -0.2) is 32.9 Å². The Kier molecular flexibility index (Phi) is 6.49. The molecular weight excluding hydrogens is 334 g/mol. The highest BCUT2D eigenvalue weighted by Gasteiger charge is 2.12. The molecule has 0 amide bonds. The number of aryl methyl sites for hydroxylation is 1. The van der Waals surface area contributed by atoms with Crippen LogP contribution < -0.4 is 5.32 Å². The number of anilines is 1. The average Bonchev–Trinajstić information content (AvgIpc) is 2.68. The van der Waals surface area contributed by atoms with Crippen molar-refractivity contribution in [3.8, 4) is 0 Å². The first-order chi connectivity index (χ1) is 13.1. The zero-order chi connectivity index (χ0) is 19.1. The number of hydrogen-bond donors (Lipinski definition) is 1. The molecule has 0 unspecified atom stereocenters. The van der Waals surface area contributed by atoms with Gasteiger partial charge in [0, 0.05) is 55.4 Å². The second kappa shape index (κ2) is 9.24. The van der Waals surface area contributed by atoms with E-state index >= 15 is 0 Å². The van der Waals surface area contributed by atoms with Crippen molar-refractivity contribution in [3.63, 3.8) is 0 Å². The molecule has 1 aromatic carbocycles. The molecule has 0 aliphatic carbocycles. The minimum Gasteiger partial charge on any atom is -0.350 e. The standard InChI is InChI=1S/C22H27N5/c1-17-9-10-23-21(11-17)12-18(2)27(3)16-20-14-25-22(26-15-20)24-13-19-7-5-4-6-8-19/h4-11,14-15,18H,12-13,16H2,1-3H3,(H,24,25,26)/t18-/m1/s1. The largest absolute Gasteiger partial charge is 0.350 e. The van der Waals surface area contributed by atoms with Crippen molar-refractivity contribution in [2.75, 3.05) is 12.4 Å². The van der Waals surface area contributed by atoms with Crippen LogP contribution in [-0.2, 0) is 19.5 Å². The topological polar surface area (TPSA) is 53.9 Å². The molecule has 140 valence electrons. The molecule has 5 nitrogen and oxygen atoms in total. The Bertz CT molecular complexity index is 833. The van der Waals surface area contributed by atoms with E-state index in [1.54, 1.807) is 0 Å². The maximum Gasteiger partial charge on any atom is 0.222 e. The molecule has 27 heavy (non-hydrogen) atoms. The number of benzene rings is 1. The Balaban J connectivity index is 1.51. The van der Waals surface area contributed by atoms with Crippen LogP contribution in [0.25, 0.3) is 0 Å². The van der Waals surface area contributed by atoms with Gasteiger partial charge in [-0.25, -0.2) is 9.97 Å². The number of hydrogen-bond acceptors (Lipinski definition) is 5. The predicted octanol–water partition coefficient (Wildman–Crippen LogP) is 3.86. The van der Waals surface area contributed by atoms with Crippen LogP contribution in [0.15, 0.2) is 61.1 Å². The minimum absolute atomic E-state index is 0.384. The fourth-order valence-electron chi connectivity index (χ4n) is 2.92. The number of pyridine rings is 1. The van der Waals surface area contributed by atoms with E-state index in [9.17, 15) is 0 Å². The first kappa shape index (κ1) is 19.0. The lowest BCUT2D eigenvalue weighted by Crippen LogP contribution is -2.30. The van der Waals surface area contributed by atoms with Gasteiger partial charge in [-0.2, -0.15) is 0 Å². The molecule has 5 heteroatoms. The van der Waals surface area contributed by atoms with Gasteiger partial charge < -0.3 is 5.32 Å². The Morgan fingerprint density at radius 3 is 2.44 bits per heavy atom. The summed E-state index contributed by atoms with van der Waals surface area (Å²) in [7, 11) is 2.13. The number of nitrogens with one attached hydrogen (secondary N) is 1. The van der Waals surface area contributed by atoms with Crippen molar-refractivity contribution in [2.24, 2.45) is 0 Å². The Morgan fingerprint density at radius 2 is 1.74 bits per heavy atom.